The SMILES string of the molecule is Cc1[nH]c(C2NN=C(C3CC3)O2)c(C)c1C(=O)c1ccc(OCCNC(=O)OC(C)(C)C)c(Br)c1. The van der Waals surface area contributed by atoms with Crippen molar-refractivity contribution in [2.45, 2.75) is 59.3 Å². The van der Waals surface area contributed by atoms with Gasteiger partial charge in [-0.15, -0.1) is 5.10 Å². The van der Waals surface area contributed by atoms with Gasteiger partial charge in [-0.1, -0.05) is 0 Å². The molecular weight excluding hydrogens is 516 g/mol. The van der Waals surface area contributed by atoms with Crippen molar-refractivity contribution in [1.29, 1.82) is 0 Å². The van der Waals surface area contributed by atoms with Gasteiger partial charge in [0.15, 0.2) is 5.78 Å². The Kier molecular flexibility index (Phi) is 7.12. The summed E-state index contributed by atoms with van der Waals surface area (Å²) in [5, 5.41) is 6.95. The molecule has 1 aromatic heterocycles. The number of aromatic amines is 1. The number of aromatic nitrogens is 1. The summed E-state index contributed by atoms with van der Waals surface area (Å²) in [6.07, 6.45) is 1.30. The quantitative estimate of drug-likeness (QED) is 0.321. The highest BCUT2D eigenvalue weighted by molar-refractivity contribution is 9.10. The molecule has 9 nitrogen and oxygen atoms in total. The van der Waals surface area contributed by atoms with Crippen molar-refractivity contribution >= 4 is 33.7 Å². The first-order chi connectivity index (χ1) is 16.5. The Bertz CT molecular complexity index is 1160. The minimum absolute atomic E-state index is 0.0947. The van der Waals surface area contributed by atoms with E-state index in [0.29, 0.717) is 27.3 Å². The van der Waals surface area contributed by atoms with Crippen molar-refractivity contribution in [2.24, 2.45) is 11.0 Å². The van der Waals surface area contributed by atoms with Crippen molar-refractivity contribution in [3.8, 4) is 5.75 Å². The van der Waals surface area contributed by atoms with Gasteiger partial charge in [-0.05, 0) is 87.2 Å². The fourth-order valence-corrected chi connectivity index (χ4v) is 4.34. The Morgan fingerprint density at radius 2 is 2.00 bits per heavy atom. The molecule has 188 valence electrons. The molecule has 0 radical (unpaired) electrons. The molecule has 0 spiro atoms. The monoisotopic (exact) mass is 546 g/mol. The summed E-state index contributed by atoms with van der Waals surface area (Å²) >= 11 is 3.49. The van der Waals surface area contributed by atoms with Crippen molar-refractivity contribution < 1.29 is 23.8 Å². The van der Waals surface area contributed by atoms with Crippen LogP contribution in [0.2, 0.25) is 0 Å². The number of alkyl carbamates (subject to hydrolysis) is 1. The number of ketones is 1. The maximum absolute atomic E-state index is 13.4. The van der Waals surface area contributed by atoms with Gasteiger partial charge < -0.3 is 24.5 Å². The van der Waals surface area contributed by atoms with Gasteiger partial charge in [-0.2, -0.15) is 0 Å². The van der Waals surface area contributed by atoms with Gasteiger partial charge in [0, 0.05) is 22.7 Å². The lowest BCUT2D eigenvalue weighted by Gasteiger charge is -2.19. The molecule has 2 aromatic rings. The van der Waals surface area contributed by atoms with Crippen molar-refractivity contribution in [3.63, 3.8) is 0 Å². The van der Waals surface area contributed by atoms with Gasteiger partial charge in [-0.25, -0.2) is 4.79 Å². The van der Waals surface area contributed by atoms with E-state index in [0.717, 1.165) is 35.7 Å². The predicted molar refractivity (Wildman–Crippen MR) is 135 cm³/mol. The number of carbonyl (C=O) groups is 2. The number of carbonyl (C=O) groups excluding carboxylic acids is 2. The van der Waals surface area contributed by atoms with Gasteiger partial charge >= 0.3 is 6.09 Å². The molecule has 4 rings (SSSR count). The van der Waals surface area contributed by atoms with Crippen LogP contribution in [0.3, 0.4) is 0 Å². The maximum atomic E-state index is 13.4. The van der Waals surface area contributed by atoms with E-state index >= 15 is 0 Å². The second-order valence-electron chi connectivity index (χ2n) is 9.77. The third kappa shape index (κ3) is 5.98. The summed E-state index contributed by atoms with van der Waals surface area (Å²) < 4.78 is 17.5. The van der Waals surface area contributed by atoms with E-state index < -0.39 is 17.9 Å². The second kappa shape index (κ2) is 9.93. The van der Waals surface area contributed by atoms with E-state index in [4.69, 9.17) is 14.2 Å². The summed E-state index contributed by atoms with van der Waals surface area (Å²) in [7, 11) is 0. The van der Waals surface area contributed by atoms with E-state index in [1.165, 1.54) is 0 Å². The van der Waals surface area contributed by atoms with Crippen LogP contribution in [-0.4, -0.2) is 41.5 Å². The first kappa shape index (κ1) is 25.1. The van der Waals surface area contributed by atoms with Crippen LogP contribution in [0.25, 0.3) is 0 Å². The molecule has 0 bridgehead atoms. The zero-order valence-electron chi connectivity index (χ0n) is 20.6. The molecule has 3 N–H and O–H groups in total. The molecule has 1 aliphatic heterocycles. The number of benzene rings is 1. The van der Waals surface area contributed by atoms with Crippen LogP contribution >= 0.6 is 15.9 Å². The maximum Gasteiger partial charge on any atom is 0.407 e. The van der Waals surface area contributed by atoms with Crippen LogP contribution in [-0.2, 0) is 9.47 Å². The first-order valence-corrected chi connectivity index (χ1v) is 12.5. The summed E-state index contributed by atoms with van der Waals surface area (Å²) in [5.41, 5.74) is 6.04. The van der Waals surface area contributed by atoms with Crippen LogP contribution < -0.4 is 15.5 Å². The highest BCUT2D eigenvalue weighted by atomic mass is 79.9. The third-order valence-corrected chi connectivity index (χ3v) is 6.26. The number of amides is 1. The summed E-state index contributed by atoms with van der Waals surface area (Å²) in [4.78, 5) is 28.4. The Morgan fingerprint density at radius 1 is 1.26 bits per heavy atom. The van der Waals surface area contributed by atoms with Crippen molar-refractivity contribution in [1.82, 2.24) is 15.7 Å². The van der Waals surface area contributed by atoms with E-state index in [1.807, 2.05) is 13.8 Å². The molecule has 10 heteroatoms. The fraction of sp³-hybridized carbons (Fsp3) is 0.480. The number of hydrogen-bond donors (Lipinski definition) is 3. The van der Waals surface area contributed by atoms with Crippen LogP contribution in [0.4, 0.5) is 4.79 Å². The topological polar surface area (TPSA) is 114 Å². The number of halogens is 1. The van der Waals surface area contributed by atoms with Gasteiger partial charge in [0.1, 0.15) is 18.0 Å². The highest BCUT2D eigenvalue weighted by Crippen LogP contribution is 2.36. The average Bonchev–Trinajstić information content (AvgIpc) is 3.43. The standard InChI is InChI=1S/C25H31BrN4O5/c1-13-19(14(2)28-20(13)23-30-29-22(34-23)15-6-7-15)21(31)16-8-9-18(17(26)12-16)33-11-10-27-24(32)35-25(3,4)5/h8-9,12,15,23,28,30H,6-7,10-11H2,1-5H3,(H,27,32). The van der Waals surface area contributed by atoms with Gasteiger partial charge in [0.25, 0.3) is 0 Å². The van der Waals surface area contributed by atoms with Gasteiger partial charge in [0.2, 0.25) is 12.1 Å². The number of aryl methyl sites for hydroxylation is 1. The number of hydrazone groups is 1. The Labute approximate surface area is 213 Å². The lowest BCUT2D eigenvalue weighted by molar-refractivity contribution is 0.0520. The largest absolute Gasteiger partial charge is 0.491 e. The second-order valence-corrected chi connectivity index (χ2v) is 10.6. The number of H-pyrrole nitrogens is 1. The molecule has 1 atom stereocenters. The lowest BCUT2D eigenvalue weighted by Crippen LogP contribution is -2.34. The smallest absolute Gasteiger partial charge is 0.407 e. The van der Waals surface area contributed by atoms with E-state index in [-0.39, 0.29) is 18.9 Å². The molecular formula is C25H31BrN4O5. The Balaban J connectivity index is 1.37. The zero-order valence-corrected chi connectivity index (χ0v) is 22.2. The summed E-state index contributed by atoms with van der Waals surface area (Å²) in [5.74, 6) is 1.64. The lowest BCUT2D eigenvalue weighted by atomic mass is 9.99. The van der Waals surface area contributed by atoms with E-state index in [2.05, 4.69) is 36.8 Å². The number of nitrogens with zero attached hydrogens (tertiary/aromatic N) is 1. The van der Waals surface area contributed by atoms with Gasteiger partial charge in [-0.3, -0.25) is 10.2 Å². The van der Waals surface area contributed by atoms with Crippen molar-refractivity contribution in [2.75, 3.05) is 13.2 Å². The molecule has 1 aromatic carbocycles. The molecule has 1 aliphatic carbocycles. The van der Waals surface area contributed by atoms with Crippen LogP contribution in [0.15, 0.2) is 27.8 Å². The first-order valence-electron chi connectivity index (χ1n) is 11.7. The molecule has 1 amide bonds. The Hall–Kier alpha value is -3.01. The molecule has 0 saturated heterocycles. The fourth-order valence-electron chi connectivity index (χ4n) is 3.85. The highest BCUT2D eigenvalue weighted by Gasteiger charge is 2.36. The Morgan fingerprint density at radius 3 is 2.66 bits per heavy atom. The van der Waals surface area contributed by atoms with Crippen molar-refractivity contribution in [3.05, 3.63) is 50.8 Å². The van der Waals surface area contributed by atoms with E-state index in [9.17, 15) is 9.59 Å². The molecule has 1 fully saturated rings. The molecule has 35 heavy (non-hydrogen) atoms. The summed E-state index contributed by atoms with van der Waals surface area (Å²) in [6, 6.07) is 5.21. The molecule has 2 heterocycles. The van der Waals surface area contributed by atoms with E-state index in [1.54, 1.807) is 39.0 Å². The minimum Gasteiger partial charge on any atom is -0.491 e. The van der Waals surface area contributed by atoms with Crippen LogP contribution in [0, 0.1) is 19.8 Å². The normalized spacial score (nSPS) is 17.3. The molecule has 2 aliphatic rings. The molecule has 1 unspecified atom stereocenters. The third-order valence-electron chi connectivity index (χ3n) is 5.64. The number of nitrogens with one attached hydrogen (secondary N) is 3. The number of hydrogen-bond acceptors (Lipinski definition) is 7. The van der Waals surface area contributed by atoms with Crippen LogP contribution in [0.5, 0.6) is 5.75 Å². The van der Waals surface area contributed by atoms with Crippen LogP contribution in [0.1, 0.15) is 72.7 Å². The number of ether oxygens (including phenoxy) is 3. The average molecular weight is 547 g/mol. The zero-order chi connectivity index (χ0) is 25.3. The number of rotatable bonds is 8. The predicted octanol–water partition coefficient (Wildman–Crippen LogP) is 4.87. The minimum atomic E-state index is -0.554. The molecule has 1 saturated carbocycles. The summed E-state index contributed by atoms with van der Waals surface area (Å²) in [6.45, 7) is 9.75. The van der Waals surface area contributed by atoms with Gasteiger partial charge in [0.05, 0.1) is 16.7 Å².